The molecule has 4 unspecified atom stereocenters. The highest BCUT2D eigenvalue weighted by Crippen LogP contribution is 2.41. The molecule has 3 rings (SSSR count). The summed E-state index contributed by atoms with van der Waals surface area (Å²) < 4.78 is 136. The van der Waals surface area contributed by atoms with E-state index in [1.165, 1.54) is 27.7 Å². The Morgan fingerprint density at radius 3 is 1.90 bits per heavy atom. The van der Waals surface area contributed by atoms with Crippen LogP contribution >= 0.6 is 0 Å². The van der Waals surface area contributed by atoms with Gasteiger partial charge in [-0.15, -0.1) is 0 Å². The van der Waals surface area contributed by atoms with Crippen LogP contribution in [0.2, 0.25) is 0 Å². The van der Waals surface area contributed by atoms with Crippen molar-refractivity contribution in [1.29, 1.82) is 0 Å². The van der Waals surface area contributed by atoms with E-state index in [0.29, 0.717) is 10.5 Å². The lowest BCUT2D eigenvalue weighted by molar-refractivity contribution is -0.260. The van der Waals surface area contributed by atoms with Crippen LogP contribution in [-0.4, -0.2) is 75.4 Å². The molecule has 284 valence electrons. The Morgan fingerprint density at radius 2 is 1.40 bits per heavy atom. The van der Waals surface area contributed by atoms with Crippen molar-refractivity contribution in [2.45, 2.75) is 113 Å². The molecule has 0 aromatic heterocycles. The van der Waals surface area contributed by atoms with E-state index in [0.717, 1.165) is 35.7 Å². The van der Waals surface area contributed by atoms with Crippen molar-refractivity contribution in [3.05, 3.63) is 24.3 Å². The molecule has 0 bridgehead atoms. The van der Waals surface area contributed by atoms with E-state index in [-0.39, 0.29) is 35.8 Å². The van der Waals surface area contributed by atoms with Crippen LogP contribution in [0, 0.1) is 11.8 Å². The summed E-state index contributed by atoms with van der Waals surface area (Å²) in [6.45, 7) is 5.71. The predicted octanol–water partition coefficient (Wildman–Crippen LogP) is 4.96. The average molecular weight is 782 g/mol. The molecule has 1 saturated carbocycles. The van der Waals surface area contributed by atoms with Gasteiger partial charge < -0.3 is 14.8 Å². The summed E-state index contributed by atoms with van der Waals surface area (Å²) in [6, 6.07) is 6.69. The van der Waals surface area contributed by atoms with Crippen LogP contribution in [0.3, 0.4) is 0 Å². The first-order valence-electron chi connectivity index (χ1n) is 15.9. The number of amides is 1. The summed E-state index contributed by atoms with van der Waals surface area (Å²) in [6.07, 6.45) is -9.76. The fourth-order valence-electron chi connectivity index (χ4n) is 5.42. The van der Waals surface area contributed by atoms with Crippen LogP contribution in [0.5, 0.6) is 0 Å². The first kappa shape index (κ1) is 41.9. The lowest BCUT2D eigenvalue weighted by atomic mass is 9.79. The molecule has 20 heteroatoms. The molecule has 2 N–H and O–H groups in total. The molecule has 0 radical (unpaired) electrons. The zero-order valence-corrected chi connectivity index (χ0v) is 30.3. The number of benzene rings is 1. The Kier molecular flexibility index (Phi) is 13.7. The third kappa shape index (κ3) is 11.2. The fourth-order valence-corrected chi connectivity index (χ4v) is 10.4. The molecule has 1 aromatic rings. The van der Waals surface area contributed by atoms with Gasteiger partial charge in [0.2, 0.25) is 0 Å². The lowest BCUT2D eigenvalue weighted by Crippen LogP contribution is -2.57. The molecule has 4 atom stereocenters. The molecule has 0 spiro atoms. The topological polar surface area (TPSA) is 171 Å². The number of nitrogens with one attached hydrogen (secondary N) is 2. The smallest absolute Gasteiger partial charge is 0.432 e. The number of carbonyl (C=O) groups excluding carboxylic acids is 3. The minimum atomic E-state index is -6.90. The largest absolute Gasteiger partial charge is 0.460 e. The maximum absolute atomic E-state index is 15.2. The number of esters is 2. The summed E-state index contributed by atoms with van der Waals surface area (Å²) in [4.78, 5) is 39.3. The molecule has 2 aliphatic rings. The second-order valence-electron chi connectivity index (χ2n) is 13.0. The molecule has 50 heavy (non-hydrogen) atoms. The number of hydrogen-bond acceptors (Lipinski definition) is 10. The van der Waals surface area contributed by atoms with Gasteiger partial charge in [0.15, 0.2) is 11.0 Å². The molecule has 1 heterocycles. The number of sulfonamides is 1. The quantitative estimate of drug-likeness (QED) is 0.158. The van der Waals surface area contributed by atoms with Crippen LogP contribution < -0.4 is 9.44 Å². The molecular formula is C30H42F5N2O10S3+. The van der Waals surface area contributed by atoms with E-state index in [2.05, 4.69) is 14.2 Å². The zero-order chi connectivity index (χ0) is 37.7. The summed E-state index contributed by atoms with van der Waals surface area (Å²) in [7, 11) is -12.8. The second-order valence-corrected chi connectivity index (χ2v) is 18.6. The van der Waals surface area contributed by atoms with Gasteiger partial charge in [0.05, 0.1) is 11.8 Å². The summed E-state index contributed by atoms with van der Waals surface area (Å²) in [5.74, 6) is -5.05. The number of alkyl halides is 5. The van der Waals surface area contributed by atoms with Crippen LogP contribution in [-0.2, 0) is 59.3 Å². The van der Waals surface area contributed by atoms with E-state index in [4.69, 9.17) is 4.74 Å². The summed E-state index contributed by atoms with van der Waals surface area (Å²) in [5, 5.41) is -3.78. The minimum absolute atomic E-state index is 0.0462. The Hall–Kier alpha value is -2.55. The summed E-state index contributed by atoms with van der Waals surface area (Å²) >= 11 is 0. The van der Waals surface area contributed by atoms with Gasteiger partial charge in [0.25, 0.3) is 22.0 Å². The van der Waals surface area contributed by atoms with Crippen molar-refractivity contribution < 1.29 is 66.8 Å². The van der Waals surface area contributed by atoms with Crippen molar-refractivity contribution in [2.24, 2.45) is 11.8 Å². The number of halogens is 5. The number of ether oxygens (including phenoxy) is 2. The predicted molar refractivity (Wildman–Crippen MR) is 173 cm³/mol. The number of hydrogen-bond donors (Lipinski definition) is 2. The molecule has 2 fully saturated rings. The third-order valence-corrected chi connectivity index (χ3v) is 13.4. The van der Waals surface area contributed by atoms with Gasteiger partial charge in [-0.1, -0.05) is 23.9 Å². The summed E-state index contributed by atoms with van der Waals surface area (Å²) in [5.41, 5.74) is -0.845. The lowest BCUT2D eigenvalue weighted by Gasteiger charge is -2.33. The van der Waals surface area contributed by atoms with E-state index >= 15 is 8.78 Å². The molecular weight excluding hydrogens is 740 g/mol. The van der Waals surface area contributed by atoms with Crippen LogP contribution in [0.15, 0.2) is 29.2 Å². The normalized spacial score (nSPS) is 21.1. The van der Waals surface area contributed by atoms with Crippen LogP contribution in [0.1, 0.15) is 79.1 Å². The van der Waals surface area contributed by atoms with Gasteiger partial charge in [-0.2, -0.15) is 30.4 Å². The van der Waals surface area contributed by atoms with Crippen molar-refractivity contribution in [3.63, 3.8) is 0 Å². The van der Waals surface area contributed by atoms with E-state index in [1.807, 2.05) is 0 Å². The molecule has 1 amide bonds. The molecule has 1 aliphatic heterocycles. The van der Waals surface area contributed by atoms with Gasteiger partial charge in [0.1, 0.15) is 17.1 Å². The second kappa shape index (κ2) is 16.4. The Morgan fingerprint density at radius 1 is 0.860 bits per heavy atom. The maximum atomic E-state index is 15.2. The third-order valence-electron chi connectivity index (χ3n) is 7.83. The highest BCUT2D eigenvalue weighted by atomic mass is 32.3. The molecule has 12 nitrogen and oxygen atoms in total. The van der Waals surface area contributed by atoms with Gasteiger partial charge in [-0.25, -0.2) is 12.6 Å². The Balaban J connectivity index is 1.74. The van der Waals surface area contributed by atoms with Crippen molar-refractivity contribution in [1.82, 2.24) is 4.13 Å². The molecule has 1 aromatic carbocycles. The van der Waals surface area contributed by atoms with E-state index < -0.39 is 85.7 Å². The van der Waals surface area contributed by atoms with Gasteiger partial charge in [0, 0.05) is 16.6 Å². The number of carbonyl (C=O) groups is 3. The Bertz CT molecular complexity index is 1580. The number of rotatable bonds is 13. The van der Waals surface area contributed by atoms with Crippen molar-refractivity contribution in [3.8, 4) is 0 Å². The molecule has 1 saturated heterocycles. The van der Waals surface area contributed by atoms with Gasteiger partial charge >= 0.3 is 33.7 Å². The highest BCUT2D eigenvalue weighted by Gasteiger charge is 2.67. The van der Waals surface area contributed by atoms with Crippen molar-refractivity contribution in [2.75, 3.05) is 16.8 Å². The van der Waals surface area contributed by atoms with Gasteiger partial charge in [-0.05, 0) is 83.6 Å². The number of anilines is 1. The fraction of sp³-hybridized carbons (Fsp3) is 0.700. The Labute approximate surface area is 291 Å². The van der Waals surface area contributed by atoms with E-state index in [1.54, 1.807) is 24.3 Å². The van der Waals surface area contributed by atoms with Gasteiger partial charge in [-0.3, -0.25) is 14.4 Å². The van der Waals surface area contributed by atoms with E-state index in [9.17, 15) is 44.4 Å². The highest BCUT2D eigenvalue weighted by molar-refractivity contribution is 8.03. The zero-order valence-electron chi connectivity index (χ0n) is 27.9. The molecule has 1 aliphatic carbocycles. The average Bonchev–Trinajstić information content (AvgIpc) is 3.01. The van der Waals surface area contributed by atoms with Crippen LogP contribution in [0.25, 0.3) is 0 Å². The monoisotopic (exact) mass is 781 g/mol. The minimum Gasteiger partial charge on any atom is -0.460 e. The maximum Gasteiger partial charge on any atom is 0.432 e. The van der Waals surface area contributed by atoms with Crippen molar-refractivity contribution >= 4 is 54.8 Å². The van der Waals surface area contributed by atoms with Crippen LogP contribution in [0.4, 0.5) is 27.6 Å². The first-order valence-corrected chi connectivity index (χ1v) is 20.4. The SMILES string of the molecule is CCC(OS(=O)(=O)NS(=O)(=O)C(F)(F)C(OC(=O)C1CCCCC1C(=O)OC(C)(C)C)C(F)(F)F)C(=O)Nc1ccc([S+]2CCCCC2)cc1. The first-order chi connectivity index (χ1) is 23.0. The standard InChI is InChI=1S/C30H41F5N2O10S3/c1-5-23(24(38)36-19-13-15-20(16-14-19)48-17-9-6-10-18-48)47-50(43,44)37-49(41,42)30(34,35)27(29(31,32)33)45-25(39)21-11-7-8-12-22(21)26(40)46-28(2,3)4/h13-16,21-23,27,37H,5-12,17-18H2,1-4H3/p+1.